The first kappa shape index (κ1) is 29.3. The predicted octanol–water partition coefficient (Wildman–Crippen LogP) is 5.66. The quantitative estimate of drug-likeness (QED) is 0.262. The summed E-state index contributed by atoms with van der Waals surface area (Å²) in [5, 5.41) is 7.60. The highest BCUT2D eigenvalue weighted by atomic mass is 16.1. The number of carbonyl (C=O) groups excluding carboxylic acids is 1. The third-order valence-corrected chi connectivity index (χ3v) is 12.5. The molecule has 1 spiro atoms. The summed E-state index contributed by atoms with van der Waals surface area (Å²) >= 11 is 0. The molecule has 5 fully saturated rings. The number of nitrogens with one attached hydrogen (secondary N) is 2. The predicted molar refractivity (Wildman–Crippen MR) is 162 cm³/mol. The van der Waals surface area contributed by atoms with Crippen molar-refractivity contribution in [2.45, 2.75) is 117 Å². The fourth-order valence-corrected chi connectivity index (χ4v) is 10.7. The zero-order chi connectivity index (χ0) is 28.1. The summed E-state index contributed by atoms with van der Waals surface area (Å²) in [6, 6.07) is 0.983. The van der Waals surface area contributed by atoms with Crippen LogP contribution in [-0.4, -0.2) is 54.6 Å². The maximum Gasteiger partial charge on any atom is 0.247 e. The number of carbonyl (C=O) groups is 1. The monoisotopic (exact) mass is 538 g/mol. The number of rotatable bonds is 9. The van der Waals surface area contributed by atoms with Crippen molar-refractivity contribution in [3.05, 3.63) is 22.8 Å². The van der Waals surface area contributed by atoms with Crippen LogP contribution in [0.1, 0.15) is 99.8 Å². The number of allylic oxidation sites excluding steroid dienone is 3. The van der Waals surface area contributed by atoms with Crippen LogP contribution in [0.2, 0.25) is 0 Å². The molecule has 1 aliphatic heterocycles. The van der Waals surface area contributed by atoms with Crippen molar-refractivity contribution in [3.8, 4) is 0 Å². The molecular formula is C34H58N4O. The summed E-state index contributed by atoms with van der Waals surface area (Å²) in [5.74, 6) is 4.15. The van der Waals surface area contributed by atoms with Gasteiger partial charge in [0.15, 0.2) is 0 Å². The Labute approximate surface area is 239 Å². The van der Waals surface area contributed by atoms with Gasteiger partial charge in [0.1, 0.15) is 0 Å². The van der Waals surface area contributed by atoms with Gasteiger partial charge in [0.05, 0.1) is 0 Å². The fraction of sp³-hybridized carbons (Fsp3) is 0.853. The number of likely N-dealkylation sites (N-methyl/N-ethyl adjacent to an activating group) is 1. The van der Waals surface area contributed by atoms with Crippen LogP contribution in [0.3, 0.4) is 0 Å². The van der Waals surface area contributed by atoms with Gasteiger partial charge in [-0.25, -0.2) is 0 Å². The molecule has 5 nitrogen and oxygen atoms in total. The van der Waals surface area contributed by atoms with E-state index in [2.05, 4.69) is 70.1 Å². The summed E-state index contributed by atoms with van der Waals surface area (Å²) in [5.41, 5.74) is 11.2. The molecule has 5 rings (SSSR count). The summed E-state index contributed by atoms with van der Waals surface area (Å²) in [7, 11) is 0. The third kappa shape index (κ3) is 4.87. The summed E-state index contributed by atoms with van der Waals surface area (Å²) in [6.45, 7) is 19.9. The van der Waals surface area contributed by atoms with Gasteiger partial charge in [-0.2, -0.15) is 0 Å². The van der Waals surface area contributed by atoms with Crippen molar-refractivity contribution in [2.75, 3.05) is 26.2 Å². The molecule has 5 heteroatoms. The average Bonchev–Trinajstić information content (AvgIpc) is 3.15. The van der Waals surface area contributed by atoms with Crippen LogP contribution in [-0.2, 0) is 4.79 Å². The normalized spacial score (nSPS) is 43.6. The van der Waals surface area contributed by atoms with E-state index >= 15 is 0 Å². The Morgan fingerprint density at radius 3 is 2.56 bits per heavy atom. The summed E-state index contributed by atoms with van der Waals surface area (Å²) in [6.07, 6.45) is 11.7. The second-order valence-electron chi connectivity index (χ2n) is 14.6. The first-order valence-corrected chi connectivity index (χ1v) is 16.5. The molecule has 0 aromatic heterocycles. The molecule has 1 heterocycles. The van der Waals surface area contributed by atoms with Crippen LogP contribution in [0, 0.1) is 40.9 Å². The lowest BCUT2D eigenvalue weighted by molar-refractivity contribution is -0.188. The molecule has 4 saturated carbocycles. The van der Waals surface area contributed by atoms with E-state index in [4.69, 9.17) is 5.73 Å². The van der Waals surface area contributed by atoms with Gasteiger partial charge in [0.25, 0.3) is 0 Å². The molecule has 7 unspecified atom stereocenters. The van der Waals surface area contributed by atoms with Gasteiger partial charge >= 0.3 is 0 Å². The highest BCUT2D eigenvalue weighted by Crippen LogP contribution is 2.70. The van der Waals surface area contributed by atoms with Crippen molar-refractivity contribution >= 4 is 5.91 Å². The molecular weight excluding hydrogens is 480 g/mol. The molecule has 39 heavy (non-hydrogen) atoms. The average molecular weight is 539 g/mol. The van der Waals surface area contributed by atoms with E-state index in [1.54, 1.807) is 0 Å². The minimum Gasteiger partial charge on any atom is -0.351 e. The number of nitrogens with zero attached hydrogens (tertiary/aromatic N) is 1. The zero-order valence-electron chi connectivity index (χ0n) is 26.1. The molecule has 0 bridgehead atoms. The number of hydrogen-bond donors (Lipinski definition) is 3. The van der Waals surface area contributed by atoms with Gasteiger partial charge in [-0.3, -0.25) is 4.79 Å². The van der Waals surface area contributed by atoms with E-state index < -0.39 is 0 Å². The first-order valence-electron chi connectivity index (χ1n) is 16.5. The van der Waals surface area contributed by atoms with Gasteiger partial charge in [0, 0.05) is 36.3 Å². The Morgan fingerprint density at radius 1 is 1.15 bits per heavy atom. The van der Waals surface area contributed by atoms with E-state index in [0.717, 1.165) is 62.3 Å². The summed E-state index contributed by atoms with van der Waals surface area (Å²) in [4.78, 5) is 16.3. The van der Waals surface area contributed by atoms with Crippen molar-refractivity contribution in [3.63, 3.8) is 0 Å². The highest BCUT2D eigenvalue weighted by molar-refractivity contribution is 5.94. The second-order valence-corrected chi connectivity index (χ2v) is 14.6. The maximum atomic E-state index is 13.9. The van der Waals surface area contributed by atoms with E-state index in [-0.39, 0.29) is 5.91 Å². The number of hydrogen-bond acceptors (Lipinski definition) is 4. The van der Waals surface area contributed by atoms with Crippen LogP contribution in [0.15, 0.2) is 22.8 Å². The van der Waals surface area contributed by atoms with E-state index in [1.807, 2.05) is 0 Å². The fourth-order valence-electron chi connectivity index (χ4n) is 10.7. The number of amides is 1. The van der Waals surface area contributed by atoms with E-state index in [9.17, 15) is 4.79 Å². The minimum absolute atomic E-state index is 0.203. The second kappa shape index (κ2) is 11.2. The molecule has 10 atom stereocenters. The van der Waals surface area contributed by atoms with Gasteiger partial charge in [-0.15, -0.1) is 0 Å². The lowest BCUT2D eigenvalue weighted by atomic mass is 9.39. The van der Waals surface area contributed by atoms with Crippen LogP contribution in [0.4, 0.5) is 0 Å². The molecule has 220 valence electrons. The van der Waals surface area contributed by atoms with Crippen LogP contribution in [0.25, 0.3) is 0 Å². The molecule has 4 aliphatic carbocycles. The topological polar surface area (TPSA) is 70.4 Å². The van der Waals surface area contributed by atoms with Gasteiger partial charge < -0.3 is 21.3 Å². The zero-order valence-corrected chi connectivity index (χ0v) is 26.1. The van der Waals surface area contributed by atoms with E-state index in [1.165, 1.54) is 49.7 Å². The molecule has 0 radical (unpaired) electrons. The van der Waals surface area contributed by atoms with Gasteiger partial charge in [-0.1, -0.05) is 51.8 Å². The van der Waals surface area contributed by atoms with Crippen molar-refractivity contribution in [1.82, 2.24) is 15.5 Å². The largest absolute Gasteiger partial charge is 0.351 e. The Hall–Kier alpha value is -1.17. The number of nitrogens with two attached hydrogens (primary N) is 1. The van der Waals surface area contributed by atoms with Gasteiger partial charge in [0.2, 0.25) is 5.91 Å². The third-order valence-electron chi connectivity index (χ3n) is 12.5. The van der Waals surface area contributed by atoms with Crippen LogP contribution >= 0.6 is 0 Å². The lowest BCUT2D eigenvalue weighted by Crippen LogP contribution is -2.83. The Kier molecular flexibility index (Phi) is 8.46. The Balaban J connectivity index is 1.42. The molecule has 4 N–H and O–H groups in total. The minimum atomic E-state index is 0.203. The van der Waals surface area contributed by atoms with Gasteiger partial charge in [-0.05, 0) is 119 Å². The SMILES string of the molecule is CCN(CC)CCNC(=O)/C(CCC=C(C)C)=C1\C(C)CC2(C)C1C[C@H]1NC34CC[C@@H](N)[C@@H](C)C3CCC2C14. The molecule has 0 aromatic carbocycles. The van der Waals surface area contributed by atoms with E-state index in [0.29, 0.717) is 40.8 Å². The summed E-state index contributed by atoms with van der Waals surface area (Å²) < 4.78 is 0. The standard InChI is InChI=1S/C34H58N4O/c1-8-38(9-2)18-17-36-32(39)24(12-10-11-21(3)4)30-22(5)20-33(7)26-14-13-25-23(6)28(35)15-16-34(25)31(26)29(37-34)19-27(30)33/h11,22-23,25-29,31,37H,8-10,12-20,35H2,1-7H3,(H,36,39)/b30-24+/t22?,23-,25?,26?,27?,28+,29+,31?,33?,34?/m0/s1. The Bertz CT molecular complexity index is 980. The molecule has 1 saturated heterocycles. The Morgan fingerprint density at radius 2 is 1.87 bits per heavy atom. The smallest absolute Gasteiger partial charge is 0.247 e. The molecule has 5 aliphatic rings. The molecule has 0 aromatic rings. The number of fused-ring (bicyclic) bond motifs is 2. The maximum absolute atomic E-state index is 13.9. The highest BCUT2D eigenvalue weighted by Gasteiger charge is 2.71. The van der Waals surface area contributed by atoms with Crippen molar-refractivity contribution in [1.29, 1.82) is 0 Å². The first-order chi connectivity index (χ1) is 18.6. The van der Waals surface area contributed by atoms with Crippen LogP contribution in [0.5, 0.6) is 0 Å². The van der Waals surface area contributed by atoms with Crippen molar-refractivity contribution < 1.29 is 4.79 Å². The lowest BCUT2D eigenvalue weighted by Gasteiger charge is -2.73. The molecule has 1 amide bonds. The van der Waals surface area contributed by atoms with Crippen LogP contribution < -0.4 is 16.4 Å². The van der Waals surface area contributed by atoms with Crippen molar-refractivity contribution in [2.24, 2.45) is 46.7 Å².